The minimum Gasteiger partial charge on any atom is -0.493 e. The number of nitrogens with zero attached hydrogens (tertiary/aromatic N) is 2. The van der Waals surface area contributed by atoms with Crippen LogP contribution in [0.25, 0.3) is 0 Å². The van der Waals surface area contributed by atoms with E-state index in [-0.39, 0.29) is 18.4 Å². The van der Waals surface area contributed by atoms with Crippen molar-refractivity contribution >= 4 is 11.8 Å². The van der Waals surface area contributed by atoms with Crippen LogP contribution in [-0.4, -0.2) is 60.9 Å². The predicted molar refractivity (Wildman–Crippen MR) is 113 cm³/mol. The average molecular weight is 396 g/mol. The highest BCUT2D eigenvalue weighted by atomic mass is 16.5. The van der Waals surface area contributed by atoms with Gasteiger partial charge in [0.2, 0.25) is 5.91 Å². The van der Waals surface area contributed by atoms with Crippen molar-refractivity contribution in [3.63, 3.8) is 0 Å². The smallest absolute Gasteiger partial charge is 0.255 e. The monoisotopic (exact) mass is 395 g/mol. The van der Waals surface area contributed by atoms with Gasteiger partial charge in [-0.2, -0.15) is 0 Å². The average Bonchev–Trinajstić information content (AvgIpc) is 2.74. The Morgan fingerprint density at radius 1 is 1.00 bits per heavy atom. The zero-order chi connectivity index (χ0) is 20.6. The number of hydrogen-bond acceptors (Lipinski definition) is 4. The number of piperazine rings is 1. The molecule has 2 aromatic rings. The van der Waals surface area contributed by atoms with E-state index < -0.39 is 0 Å². The largest absolute Gasteiger partial charge is 0.493 e. The van der Waals surface area contributed by atoms with Gasteiger partial charge in [-0.25, -0.2) is 0 Å². The molecule has 3 rings (SSSR count). The zero-order valence-electron chi connectivity index (χ0n) is 17.2. The van der Waals surface area contributed by atoms with Gasteiger partial charge in [0.1, 0.15) is 5.75 Å². The predicted octanol–water partition coefficient (Wildman–Crippen LogP) is 2.47. The summed E-state index contributed by atoms with van der Waals surface area (Å²) in [5.41, 5.74) is 3.07. The molecule has 1 N–H and O–H groups in total. The molecule has 0 aromatic heterocycles. The molecule has 0 saturated carbocycles. The Kier molecular flexibility index (Phi) is 7.25. The minimum atomic E-state index is -0.291. The lowest BCUT2D eigenvalue weighted by molar-refractivity contribution is -0.131. The van der Waals surface area contributed by atoms with E-state index in [1.807, 2.05) is 17.9 Å². The summed E-state index contributed by atoms with van der Waals surface area (Å²) >= 11 is 0. The first kappa shape index (κ1) is 20.9. The van der Waals surface area contributed by atoms with Crippen molar-refractivity contribution < 1.29 is 14.3 Å². The first-order valence-electron chi connectivity index (χ1n) is 10.1. The highest BCUT2D eigenvalue weighted by Gasteiger charge is 2.22. The summed E-state index contributed by atoms with van der Waals surface area (Å²) in [6.45, 7) is 8.40. The number of para-hydroxylation sites is 1. The van der Waals surface area contributed by atoms with E-state index in [9.17, 15) is 9.59 Å². The molecule has 0 unspecified atom stereocenters. The number of aryl methyl sites for hydroxylation is 1. The van der Waals surface area contributed by atoms with Crippen molar-refractivity contribution in [3.8, 4) is 5.75 Å². The van der Waals surface area contributed by atoms with Crippen LogP contribution in [0.4, 0.5) is 0 Å². The Morgan fingerprint density at radius 3 is 2.41 bits per heavy atom. The number of carbonyl (C=O) groups excluding carboxylic acids is 2. The third-order valence-corrected chi connectivity index (χ3v) is 5.21. The zero-order valence-corrected chi connectivity index (χ0v) is 17.2. The van der Waals surface area contributed by atoms with Crippen LogP contribution in [-0.2, 0) is 11.3 Å². The second kappa shape index (κ2) is 10.1. The van der Waals surface area contributed by atoms with Gasteiger partial charge in [0, 0.05) is 32.7 Å². The van der Waals surface area contributed by atoms with E-state index in [1.54, 1.807) is 18.2 Å². The molecule has 29 heavy (non-hydrogen) atoms. The van der Waals surface area contributed by atoms with E-state index in [4.69, 9.17) is 4.74 Å². The molecule has 0 bridgehead atoms. The van der Waals surface area contributed by atoms with E-state index in [0.29, 0.717) is 31.0 Å². The molecule has 0 spiro atoms. The van der Waals surface area contributed by atoms with E-state index in [0.717, 1.165) is 19.6 Å². The molecule has 1 aliphatic rings. The standard InChI is InChI=1S/C23H29N3O3/c1-3-29-21-11-7-6-10-20(21)23(28)24-16-22(27)26-14-12-25(13-15-26)17-19-9-5-4-8-18(19)2/h4-11H,3,12-17H2,1-2H3,(H,24,28). The summed E-state index contributed by atoms with van der Waals surface area (Å²) < 4.78 is 5.49. The summed E-state index contributed by atoms with van der Waals surface area (Å²) in [5.74, 6) is 0.188. The normalized spacial score (nSPS) is 14.5. The van der Waals surface area contributed by atoms with Gasteiger partial charge in [0.25, 0.3) is 5.91 Å². The highest BCUT2D eigenvalue weighted by Crippen LogP contribution is 2.17. The van der Waals surface area contributed by atoms with Gasteiger partial charge in [-0.1, -0.05) is 36.4 Å². The lowest BCUT2D eigenvalue weighted by Crippen LogP contribution is -2.50. The SMILES string of the molecule is CCOc1ccccc1C(=O)NCC(=O)N1CCN(Cc2ccccc2C)CC1. The van der Waals surface area contributed by atoms with Crippen molar-refractivity contribution in [2.24, 2.45) is 0 Å². The molecule has 2 aromatic carbocycles. The molecule has 1 saturated heterocycles. The maximum atomic E-state index is 12.5. The van der Waals surface area contributed by atoms with E-state index >= 15 is 0 Å². The van der Waals surface area contributed by atoms with Crippen LogP contribution in [0.15, 0.2) is 48.5 Å². The Morgan fingerprint density at radius 2 is 1.69 bits per heavy atom. The summed E-state index contributed by atoms with van der Waals surface area (Å²) in [4.78, 5) is 29.2. The van der Waals surface area contributed by atoms with Crippen LogP contribution in [0.3, 0.4) is 0 Å². The first-order valence-corrected chi connectivity index (χ1v) is 10.1. The molecule has 2 amide bonds. The molecule has 0 aliphatic carbocycles. The van der Waals surface area contributed by atoms with Crippen LogP contribution in [0.1, 0.15) is 28.4 Å². The van der Waals surface area contributed by atoms with Gasteiger partial charge in [0.15, 0.2) is 0 Å². The van der Waals surface area contributed by atoms with Gasteiger partial charge in [0.05, 0.1) is 18.7 Å². The Balaban J connectivity index is 1.46. The summed E-state index contributed by atoms with van der Waals surface area (Å²) in [6, 6.07) is 15.5. The van der Waals surface area contributed by atoms with Crippen molar-refractivity contribution in [3.05, 3.63) is 65.2 Å². The maximum Gasteiger partial charge on any atom is 0.255 e. The fourth-order valence-electron chi connectivity index (χ4n) is 3.48. The lowest BCUT2D eigenvalue weighted by atomic mass is 10.1. The second-order valence-electron chi connectivity index (χ2n) is 7.20. The van der Waals surface area contributed by atoms with Crippen LogP contribution < -0.4 is 10.1 Å². The number of rotatable bonds is 7. The summed E-state index contributed by atoms with van der Waals surface area (Å²) in [7, 11) is 0. The van der Waals surface area contributed by atoms with Gasteiger partial charge in [-0.15, -0.1) is 0 Å². The number of ether oxygens (including phenoxy) is 1. The fraction of sp³-hybridized carbons (Fsp3) is 0.391. The van der Waals surface area contributed by atoms with Crippen molar-refractivity contribution in [2.45, 2.75) is 20.4 Å². The third-order valence-electron chi connectivity index (χ3n) is 5.21. The number of benzene rings is 2. The fourth-order valence-corrected chi connectivity index (χ4v) is 3.48. The van der Waals surface area contributed by atoms with Gasteiger partial charge in [-0.3, -0.25) is 14.5 Å². The van der Waals surface area contributed by atoms with Crippen molar-refractivity contribution in [1.82, 2.24) is 15.1 Å². The molecule has 1 heterocycles. The molecule has 1 fully saturated rings. The number of carbonyl (C=O) groups is 2. The number of amides is 2. The quantitative estimate of drug-likeness (QED) is 0.782. The van der Waals surface area contributed by atoms with Gasteiger partial charge >= 0.3 is 0 Å². The van der Waals surface area contributed by atoms with Gasteiger partial charge < -0.3 is 15.0 Å². The Hall–Kier alpha value is -2.86. The molecule has 0 atom stereocenters. The van der Waals surface area contributed by atoms with Crippen LogP contribution >= 0.6 is 0 Å². The summed E-state index contributed by atoms with van der Waals surface area (Å²) in [6.07, 6.45) is 0. The van der Waals surface area contributed by atoms with Crippen LogP contribution in [0.5, 0.6) is 5.75 Å². The molecule has 0 radical (unpaired) electrons. The van der Waals surface area contributed by atoms with Crippen LogP contribution in [0, 0.1) is 6.92 Å². The van der Waals surface area contributed by atoms with Crippen molar-refractivity contribution in [2.75, 3.05) is 39.3 Å². The minimum absolute atomic E-state index is 0.00289. The molecule has 6 heteroatoms. The number of nitrogens with one attached hydrogen (secondary N) is 1. The highest BCUT2D eigenvalue weighted by molar-refractivity contribution is 5.98. The lowest BCUT2D eigenvalue weighted by Gasteiger charge is -2.35. The maximum absolute atomic E-state index is 12.5. The second-order valence-corrected chi connectivity index (χ2v) is 7.20. The topological polar surface area (TPSA) is 61.9 Å². The van der Waals surface area contributed by atoms with E-state index in [1.165, 1.54) is 11.1 Å². The van der Waals surface area contributed by atoms with Crippen LogP contribution in [0.2, 0.25) is 0 Å². The first-order chi connectivity index (χ1) is 14.1. The van der Waals surface area contributed by atoms with E-state index in [2.05, 4.69) is 41.4 Å². The van der Waals surface area contributed by atoms with Crippen molar-refractivity contribution in [1.29, 1.82) is 0 Å². The number of hydrogen-bond donors (Lipinski definition) is 1. The molecular weight excluding hydrogens is 366 g/mol. The Labute approximate surface area is 172 Å². The molecular formula is C23H29N3O3. The molecule has 154 valence electrons. The molecule has 6 nitrogen and oxygen atoms in total. The van der Waals surface area contributed by atoms with Gasteiger partial charge in [-0.05, 0) is 37.1 Å². The summed E-state index contributed by atoms with van der Waals surface area (Å²) in [5, 5.41) is 2.73. The molecule has 1 aliphatic heterocycles. The third kappa shape index (κ3) is 5.57. The Bertz CT molecular complexity index is 845.